The van der Waals surface area contributed by atoms with Gasteiger partial charge in [0.2, 0.25) is 0 Å². The second-order valence-corrected chi connectivity index (χ2v) is 5.12. The third-order valence-electron chi connectivity index (χ3n) is 3.88. The van der Waals surface area contributed by atoms with Gasteiger partial charge in [-0.1, -0.05) is 13.3 Å². The molecular formula is C15H25N3. The van der Waals surface area contributed by atoms with Crippen LogP contribution in [0.4, 0.5) is 5.69 Å². The number of rotatable bonds is 7. The molecule has 1 aliphatic carbocycles. The summed E-state index contributed by atoms with van der Waals surface area (Å²) >= 11 is 0. The standard InChI is InChI=1S/C15H25N3/c1-3-16-10-14-8-9-17-11-15(14)18(4-2)12-13-6-5-7-13/h8-9,11,13,16H,3-7,10,12H2,1-2H3. The number of nitrogens with one attached hydrogen (secondary N) is 1. The van der Waals surface area contributed by atoms with Crippen LogP contribution in [0.3, 0.4) is 0 Å². The highest BCUT2D eigenvalue weighted by atomic mass is 15.1. The summed E-state index contributed by atoms with van der Waals surface area (Å²) in [5, 5.41) is 3.41. The van der Waals surface area contributed by atoms with Gasteiger partial charge in [-0.15, -0.1) is 0 Å². The van der Waals surface area contributed by atoms with Crippen LogP contribution >= 0.6 is 0 Å². The van der Waals surface area contributed by atoms with E-state index in [4.69, 9.17) is 0 Å². The van der Waals surface area contributed by atoms with Crippen molar-refractivity contribution in [2.24, 2.45) is 5.92 Å². The van der Waals surface area contributed by atoms with E-state index in [-0.39, 0.29) is 0 Å². The molecule has 1 aromatic rings. The summed E-state index contributed by atoms with van der Waals surface area (Å²) in [6, 6.07) is 2.14. The lowest BCUT2D eigenvalue weighted by Gasteiger charge is -2.34. The molecule has 1 aromatic heterocycles. The van der Waals surface area contributed by atoms with Crippen LogP contribution in [0.1, 0.15) is 38.7 Å². The van der Waals surface area contributed by atoms with Crippen molar-refractivity contribution in [3.63, 3.8) is 0 Å². The van der Waals surface area contributed by atoms with Crippen molar-refractivity contribution in [2.75, 3.05) is 24.5 Å². The third kappa shape index (κ3) is 3.22. The van der Waals surface area contributed by atoms with Crippen molar-refractivity contribution in [1.82, 2.24) is 10.3 Å². The number of nitrogens with zero attached hydrogens (tertiary/aromatic N) is 2. The first-order chi connectivity index (χ1) is 8.85. The first-order valence-electron chi connectivity index (χ1n) is 7.23. The average Bonchev–Trinajstić information content (AvgIpc) is 2.36. The minimum absolute atomic E-state index is 0.900. The molecule has 0 spiro atoms. The van der Waals surface area contributed by atoms with Gasteiger partial charge in [0.25, 0.3) is 0 Å². The minimum Gasteiger partial charge on any atom is -0.370 e. The molecule has 3 nitrogen and oxygen atoms in total. The van der Waals surface area contributed by atoms with Gasteiger partial charge >= 0.3 is 0 Å². The first-order valence-corrected chi connectivity index (χ1v) is 7.23. The molecule has 3 heteroatoms. The fourth-order valence-electron chi connectivity index (χ4n) is 2.49. The van der Waals surface area contributed by atoms with E-state index < -0.39 is 0 Å². The first kappa shape index (κ1) is 13.3. The summed E-state index contributed by atoms with van der Waals surface area (Å²) in [4.78, 5) is 6.79. The van der Waals surface area contributed by atoms with Crippen LogP contribution in [-0.4, -0.2) is 24.6 Å². The van der Waals surface area contributed by atoms with Crippen molar-refractivity contribution < 1.29 is 0 Å². The second-order valence-electron chi connectivity index (χ2n) is 5.12. The average molecular weight is 247 g/mol. The van der Waals surface area contributed by atoms with Crippen LogP contribution in [0.2, 0.25) is 0 Å². The molecule has 1 fully saturated rings. The van der Waals surface area contributed by atoms with Crippen molar-refractivity contribution in [3.8, 4) is 0 Å². The van der Waals surface area contributed by atoms with E-state index in [2.05, 4.69) is 35.1 Å². The Morgan fingerprint density at radius 1 is 1.39 bits per heavy atom. The molecular weight excluding hydrogens is 222 g/mol. The zero-order valence-electron chi connectivity index (χ0n) is 11.7. The van der Waals surface area contributed by atoms with Crippen molar-refractivity contribution >= 4 is 5.69 Å². The monoisotopic (exact) mass is 247 g/mol. The molecule has 100 valence electrons. The topological polar surface area (TPSA) is 28.2 Å². The quantitative estimate of drug-likeness (QED) is 0.803. The summed E-state index contributed by atoms with van der Waals surface area (Å²) in [6.07, 6.45) is 8.14. The third-order valence-corrected chi connectivity index (χ3v) is 3.88. The largest absolute Gasteiger partial charge is 0.370 e. The molecule has 0 aromatic carbocycles. The van der Waals surface area contributed by atoms with Crippen LogP contribution < -0.4 is 10.2 Å². The second kappa shape index (κ2) is 6.74. The predicted octanol–water partition coefficient (Wildman–Crippen LogP) is 2.82. The van der Waals surface area contributed by atoms with Crippen LogP contribution in [0.25, 0.3) is 0 Å². The van der Waals surface area contributed by atoms with Gasteiger partial charge in [0, 0.05) is 25.8 Å². The highest BCUT2D eigenvalue weighted by molar-refractivity contribution is 5.51. The molecule has 0 atom stereocenters. The number of hydrogen-bond acceptors (Lipinski definition) is 3. The molecule has 0 bridgehead atoms. The maximum absolute atomic E-state index is 4.30. The maximum Gasteiger partial charge on any atom is 0.0598 e. The summed E-state index contributed by atoms with van der Waals surface area (Å²) < 4.78 is 0. The van der Waals surface area contributed by atoms with E-state index in [0.29, 0.717) is 0 Å². The van der Waals surface area contributed by atoms with Crippen LogP contribution in [0.5, 0.6) is 0 Å². The summed E-state index contributed by atoms with van der Waals surface area (Å²) in [5.74, 6) is 0.900. The van der Waals surface area contributed by atoms with E-state index >= 15 is 0 Å². The molecule has 1 saturated carbocycles. The molecule has 0 saturated heterocycles. The Kier molecular flexibility index (Phi) is 5.00. The van der Waals surface area contributed by atoms with E-state index in [1.165, 1.54) is 37.1 Å². The fraction of sp³-hybridized carbons (Fsp3) is 0.667. The number of anilines is 1. The van der Waals surface area contributed by atoms with Gasteiger partial charge in [0.05, 0.1) is 11.9 Å². The van der Waals surface area contributed by atoms with Crippen molar-refractivity contribution in [1.29, 1.82) is 0 Å². The van der Waals surface area contributed by atoms with Crippen LogP contribution in [-0.2, 0) is 6.54 Å². The Balaban J connectivity index is 2.07. The Morgan fingerprint density at radius 2 is 2.22 bits per heavy atom. The zero-order valence-corrected chi connectivity index (χ0v) is 11.7. The zero-order chi connectivity index (χ0) is 12.8. The SMILES string of the molecule is CCNCc1ccncc1N(CC)CC1CCC1. The Labute approximate surface area is 111 Å². The van der Waals surface area contributed by atoms with Gasteiger partial charge < -0.3 is 10.2 Å². The lowest BCUT2D eigenvalue weighted by molar-refractivity contribution is 0.318. The van der Waals surface area contributed by atoms with Gasteiger partial charge in [0.1, 0.15) is 0 Å². The summed E-state index contributed by atoms with van der Waals surface area (Å²) in [7, 11) is 0. The maximum atomic E-state index is 4.30. The van der Waals surface area contributed by atoms with Crippen molar-refractivity contribution in [3.05, 3.63) is 24.0 Å². The molecule has 0 amide bonds. The van der Waals surface area contributed by atoms with E-state index in [1.54, 1.807) is 0 Å². The van der Waals surface area contributed by atoms with E-state index in [9.17, 15) is 0 Å². The van der Waals surface area contributed by atoms with E-state index in [0.717, 1.165) is 25.6 Å². The molecule has 18 heavy (non-hydrogen) atoms. The number of hydrogen-bond donors (Lipinski definition) is 1. The lowest BCUT2D eigenvalue weighted by Crippen LogP contribution is -2.33. The summed E-state index contributed by atoms with van der Waals surface area (Å²) in [6.45, 7) is 8.60. The molecule has 1 N–H and O–H groups in total. The van der Waals surface area contributed by atoms with E-state index in [1.807, 2.05) is 12.4 Å². The normalized spacial score (nSPS) is 15.4. The Bertz CT molecular complexity index is 361. The van der Waals surface area contributed by atoms with Gasteiger partial charge in [-0.3, -0.25) is 4.98 Å². The number of pyridine rings is 1. The molecule has 1 heterocycles. The Hall–Kier alpha value is -1.09. The van der Waals surface area contributed by atoms with Crippen molar-refractivity contribution in [2.45, 2.75) is 39.7 Å². The molecule has 0 aliphatic heterocycles. The van der Waals surface area contributed by atoms with Crippen LogP contribution in [0.15, 0.2) is 18.5 Å². The van der Waals surface area contributed by atoms with Gasteiger partial charge in [-0.25, -0.2) is 0 Å². The molecule has 0 unspecified atom stereocenters. The molecule has 1 aliphatic rings. The lowest BCUT2D eigenvalue weighted by atomic mass is 9.85. The predicted molar refractivity (Wildman–Crippen MR) is 76.8 cm³/mol. The fourth-order valence-corrected chi connectivity index (χ4v) is 2.49. The smallest absolute Gasteiger partial charge is 0.0598 e. The van der Waals surface area contributed by atoms with Gasteiger partial charge in [0.15, 0.2) is 0 Å². The highest BCUT2D eigenvalue weighted by Gasteiger charge is 2.21. The van der Waals surface area contributed by atoms with Gasteiger partial charge in [-0.2, -0.15) is 0 Å². The van der Waals surface area contributed by atoms with Crippen LogP contribution in [0, 0.1) is 5.92 Å². The summed E-state index contributed by atoms with van der Waals surface area (Å²) in [5.41, 5.74) is 2.68. The molecule has 0 radical (unpaired) electrons. The minimum atomic E-state index is 0.900. The van der Waals surface area contributed by atoms with Gasteiger partial charge in [-0.05, 0) is 43.9 Å². The highest BCUT2D eigenvalue weighted by Crippen LogP contribution is 2.29. The Morgan fingerprint density at radius 3 is 2.83 bits per heavy atom. The molecule has 2 rings (SSSR count). The number of aromatic nitrogens is 1.